The smallest absolute Gasteiger partial charge is 0.0925 e. The third kappa shape index (κ3) is 2.33. The molecule has 1 atom stereocenters. The highest BCUT2D eigenvalue weighted by Crippen LogP contribution is 2.34. The molecule has 1 unspecified atom stereocenters. The summed E-state index contributed by atoms with van der Waals surface area (Å²) in [7, 11) is 0. The molecular formula is C15H18N2S. The maximum absolute atomic E-state index is 4.38. The molecule has 1 N–H and O–H groups in total. The summed E-state index contributed by atoms with van der Waals surface area (Å²) >= 11 is 1.82. The van der Waals surface area contributed by atoms with Gasteiger partial charge in [0.25, 0.3) is 0 Å². The van der Waals surface area contributed by atoms with E-state index in [1.54, 1.807) is 0 Å². The Labute approximate surface area is 112 Å². The molecule has 1 heterocycles. The zero-order valence-electron chi connectivity index (χ0n) is 10.6. The minimum absolute atomic E-state index is 0.708. The molecule has 94 valence electrons. The van der Waals surface area contributed by atoms with Crippen LogP contribution in [0.4, 0.5) is 0 Å². The average molecular weight is 258 g/mol. The Morgan fingerprint density at radius 3 is 3.06 bits per heavy atom. The molecule has 2 nitrogen and oxygen atoms in total. The number of hydrogen-bond acceptors (Lipinski definition) is 3. The van der Waals surface area contributed by atoms with Gasteiger partial charge < -0.3 is 5.32 Å². The molecule has 1 aromatic heterocycles. The van der Waals surface area contributed by atoms with Crippen LogP contribution in [0.2, 0.25) is 0 Å². The Morgan fingerprint density at radius 1 is 1.39 bits per heavy atom. The SMILES string of the molecule is CCc1ncc(CNCC2Cc3ccccc32)s1. The molecule has 0 saturated carbocycles. The van der Waals surface area contributed by atoms with Crippen molar-refractivity contribution in [2.45, 2.75) is 32.2 Å². The molecule has 1 aliphatic rings. The largest absolute Gasteiger partial charge is 0.311 e. The van der Waals surface area contributed by atoms with E-state index < -0.39 is 0 Å². The zero-order chi connectivity index (χ0) is 12.4. The van der Waals surface area contributed by atoms with Crippen LogP contribution < -0.4 is 5.32 Å². The highest BCUT2D eigenvalue weighted by Gasteiger charge is 2.24. The lowest BCUT2D eigenvalue weighted by Gasteiger charge is -2.30. The van der Waals surface area contributed by atoms with E-state index in [9.17, 15) is 0 Å². The summed E-state index contributed by atoms with van der Waals surface area (Å²) in [5.41, 5.74) is 3.05. The molecule has 2 aromatic rings. The van der Waals surface area contributed by atoms with Crippen LogP contribution in [0, 0.1) is 0 Å². The third-order valence-electron chi connectivity index (χ3n) is 3.56. The van der Waals surface area contributed by atoms with Gasteiger partial charge in [0.15, 0.2) is 0 Å². The van der Waals surface area contributed by atoms with Crippen molar-refractivity contribution in [3.8, 4) is 0 Å². The van der Waals surface area contributed by atoms with E-state index in [1.165, 1.54) is 27.4 Å². The van der Waals surface area contributed by atoms with Gasteiger partial charge in [0, 0.05) is 30.1 Å². The van der Waals surface area contributed by atoms with Gasteiger partial charge in [-0.15, -0.1) is 11.3 Å². The molecule has 1 aliphatic carbocycles. The maximum atomic E-state index is 4.38. The van der Waals surface area contributed by atoms with Crippen LogP contribution in [0.3, 0.4) is 0 Å². The van der Waals surface area contributed by atoms with E-state index in [0.717, 1.165) is 19.5 Å². The molecule has 1 aromatic carbocycles. The summed E-state index contributed by atoms with van der Waals surface area (Å²) in [6.07, 6.45) is 4.28. The lowest BCUT2D eigenvalue weighted by Crippen LogP contribution is -2.28. The van der Waals surface area contributed by atoms with Crippen LogP contribution in [-0.2, 0) is 19.4 Å². The molecule has 0 fully saturated rings. The van der Waals surface area contributed by atoms with Crippen LogP contribution in [0.1, 0.15) is 33.9 Å². The fourth-order valence-corrected chi connectivity index (χ4v) is 3.34. The van der Waals surface area contributed by atoms with E-state index in [2.05, 4.69) is 41.5 Å². The Hall–Kier alpha value is -1.19. The molecule has 0 radical (unpaired) electrons. The number of hydrogen-bond donors (Lipinski definition) is 1. The molecule has 0 aliphatic heterocycles. The lowest BCUT2D eigenvalue weighted by molar-refractivity contribution is 0.537. The fraction of sp³-hybridized carbons (Fsp3) is 0.400. The molecule has 3 heteroatoms. The van der Waals surface area contributed by atoms with E-state index in [-0.39, 0.29) is 0 Å². The standard InChI is InChI=1S/C15H18N2S/c1-2-15-17-10-13(18-15)9-16-8-12-7-11-5-3-4-6-14(11)12/h3-6,10,12,16H,2,7-9H2,1H3. The number of nitrogens with one attached hydrogen (secondary N) is 1. The highest BCUT2D eigenvalue weighted by molar-refractivity contribution is 7.11. The van der Waals surface area contributed by atoms with Crippen molar-refractivity contribution in [1.29, 1.82) is 0 Å². The monoisotopic (exact) mass is 258 g/mol. The van der Waals surface area contributed by atoms with Crippen LogP contribution in [0.25, 0.3) is 0 Å². The van der Waals surface area contributed by atoms with Gasteiger partial charge in [-0.05, 0) is 24.0 Å². The predicted octanol–water partition coefficient (Wildman–Crippen LogP) is 3.14. The molecular weight excluding hydrogens is 240 g/mol. The number of aromatic nitrogens is 1. The Kier molecular flexibility index (Phi) is 3.43. The zero-order valence-corrected chi connectivity index (χ0v) is 11.5. The second-order valence-corrected chi connectivity index (χ2v) is 6.00. The summed E-state index contributed by atoms with van der Waals surface area (Å²) in [5.74, 6) is 0.708. The van der Waals surface area contributed by atoms with E-state index >= 15 is 0 Å². The van der Waals surface area contributed by atoms with Crippen molar-refractivity contribution in [3.63, 3.8) is 0 Å². The van der Waals surface area contributed by atoms with Crippen LogP contribution in [0.15, 0.2) is 30.5 Å². The summed E-state index contributed by atoms with van der Waals surface area (Å²) in [4.78, 5) is 5.73. The first-order valence-corrected chi connectivity index (χ1v) is 7.40. The number of rotatable bonds is 5. The van der Waals surface area contributed by atoms with Crippen molar-refractivity contribution >= 4 is 11.3 Å². The molecule has 0 spiro atoms. The summed E-state index contributed by atoms with van der Waals surface area (Å²) in [6, 6.07) is 8.77. The topological polar surface area (TPSA) is 24.9 Å². The van der Waals surface area contributed by atoms with Gasteiger partial charge in [-0.1, -0.05) is 31.2 Å². The summed E-state index contributed by atoms with van der Waals surface area (Å²) in [5, 5.41) is 4.79. The van der Waals surface area contributed by atoms with Gasteiger partial charge in [-0.25, -0.2) is 4.98 Å². The molecule has 0 saturated heterocycles. The minimum Gasteiger partial charge on any atom is -0.311 e. The van der Waals surface area contributed by atoms with Crippen molar-refractivity contribution in [3.05, 3.63) is 51.5 Å². The molecule has 0 bridgehead atoms. The van der Waals surface area contributed by atoms with Crippen molar-refractivity contribution < 1.29 is 0 Å². The van der Waals surface area contributed by atoms with Gasteiger partial charge in [-0.2, -0.15) is 0 Å². The van der Waals surface area contributed by atoms with Gasteiger partial charge in [0.1, 0.15) is 0 Å². The molecule has 0 amide bonds. The van der Waals surface area contributed by atoms with E-state index in [1.807, 2.05) is 17.5 Å². The van der Waals surface area contributed by atoms with Gasteiger partial charge in [0.2, 0.25) is 0 Å². The number of thiazole rings is 1. The van der Waals surface area contributed by atoms with Gasteiger partial charge in [-0.3, -0.25) is 0 Å². The normalized spacial score (nSPS) is 17.3. The Bertz CT molecular complexity index is 533. The van der Waals surface area contributed by atoms with E-state index in [4.69, 9.17) is 0 Å². The first-order valence-electron chi connectivity index (χ1n) is 6.59. The van der Waals surface area contributed by atoms with Crippen LogP contribution in [0.5, 0.6) is 0 Å². The first kappa shape index (κ1) is 11.9. The Morgan fingerprint density at radius 2 is 2.28 bits per heavy atom. The molecule has 18 heavy (non-hydrogen) atoms. The molecule has 3 rings (SSSR count). The minimum atomic E-state index is 0.708. The second kappa shape index (κ2) is 5.21. The lowest BCUT2D eigenvalue weighted by atomic mass is 9.78. The quantitative estimate of drug-likeness (QED) is 0.891. The highest BCUT2D eigenvalue weighted by atomic mass is 32.1. The van der Waals surface area contributed by atoms with Crippen LogP contribution in [-0.4, -0.2) is 11.5 Å². The summed E-state index contributed by atoms with van der Waals surface area (Å²) < 4.78 is 0. The van der Waals surface area contributed by atoms with Crippen molar-refractivity contribution in [2.24, 2.45) is 0 Å². The summed E-state index contributed by atoms with van der Waals surface area (Å²) in [6.45, 7) is 4.19. The number of fused-ring (bicyclic) bond motifs is 1. The van der Waals surface area contributed by atoms with Gasteiger partial charge in [0.05, 0.1) is 5.01 Å². The third-order valence-corrected chi connectivity index (χ3v) is 4.70. The fourth-order valence-electron chi connectivity index (χ4n) is 2.51. The Balaban J connectivity index is 1.49. The number of benzene rings is 1. The van der Waals surface area contributed by atoms with Gasteiger partial charge >= 0.3 is 0 Å². The van der Waals surface area contributed by atoms with Crippen LogP contribution >= 0.6 is 11.3 Å². The van der Waals surface area contributed by atoms with Crippen molar-refractivity contribution in [2.75, 3.05) is 6.54 Å². The van der Waals surface area contributed by atoms with E-state index in [0.29, 0.717) is 5.92 Å². The maximum Gasteiger partial charge on any atom is 0.0925 e. The first-order chi connectivity index (χ1) is 8.86. The second-order valence-electron chi connectivity index (χ2n) is 4.80. The predicted molar refractivity (Wildman–Crippen MR) is 76.1 cm³/mol. The van der Waals surface area contributed by atoms with Crippen molar-refractivity contribution in [1.82, 2.24) is 10.3 Å². The number of nitrogens with zero attached hydrogens (tertiary/aromatic N) is 1. The number of aryl methyl sites for hydroxylation is 1. The average Bonchev–Trinajstić information content (AvgIpc) is 2.83.